The zero-order valence-corrected chi connectivity index (χ0v) is 12.0. The third-order valence-electron chi connectivity index (χ3n) is 2.77. The Bertz CT molecular complexity index is 619. The number of hydrogen-bond acceptors (Lipinski definition) is 4. The van der Waals surface area contributed by atoms with Crippen molar-refractivity contribution in [3.05, 3.63) is 48.0 Å². The highest BCUT2D eigenvalue weighted by Crippen LogP contribution is 2.05. The van der Waals surface area contributed by atoms with E-state index in [1.165, 1.54) is 7.05 Å². The number of urea groups is 1. The Hall–Kier alpha value is -3.14. The Kier molecular flexibility index (Phi) is 6.32. The zero-order valence-electron chi connectivity index (χ0n) is 12.0. The standard InChI is InChI=1S/C15H15N3O4/c1-17(11-16)15(22)18(13(19)7-8-14(20)21)10-9-12-5-3-2-4-6-12/h2-8H,9-10H2,1H3,(H,20,21). The Morgan fingerprint density at radius 2 is 1.86 bits per heavy atom. The van der Waals surface area contributed by atoms with Crippen LogP contribution in [0.4, 0.5) is 4.79 Å². The SMILES string of the molecule is CN(C#N)C(=O)N(CCc1ccccc1)C(=O)C=CC(=O)O. The predicted molar refractivity (Wildman–Crippen MR) is 77.4 cm³/mol. The second kappa shape index (κ2) is 8.21. The van der Waals surface area contributed by atoms with E-state index >= 15 is 0 Å². The first-order chi connectivity index (χ1) is 10.5. The smallest absolute Gasteiger partial charge is 0.339 e. The number of benzene rings is 1. The van der Waals surface area contributed by atoms with E-state index in [0.29, 0.717) is 17.4 Å². The molecule has 1 aromatic rings. The lowest BCUT2D eigenvalue weighted by atomic mass is 10.1. The molecule has 7 heteroatoms. The molecular formula is C15H15N3O4. The predicted octanol–water partition coefficient (Wildman–Crippen LogP) is 1.23. The lowest BCUT2D eigenvalue weighted by molar-refractivity contribution is -0.132. The van der Waals surface area contributed by atoms with E-state index in [0.717, 1.165) is 16.5 Å². The average Bonchev–Trinajstić information content (AvgIpc) is 2.52. The highest BCUT2D eigenvalue weighted by Gasteiger charge is 2.22. The fraction of sp³-hybridized carbons (Fsp3) is 0.200. The number of amides is 3. The quantitative estimate of drug-likeness (QED) is 0.500. The first-order valence-electron chi connectivity index (χ1n) is 6.39. The molecule has 0 fully saturated rings. The molecule has 0 spiro atoms. The Morgan fingerprint density at radius 1 is 1.23 bits per heavy atom. The van der Waals surface area contributed by atoms with Crippen molar-refractivity contribution in [2.75, 3.05) is 13.6 Å². The van der Waals surface area contributed by atoms with Gasteiger partial charge in [0.1, 0.15) is 0 Å². The van der Waals surface area contributed by atoms with Crippen molar-refractivity contribution in [2.45, 2.75) is 6.42 Å². The number of rotatable bonds is 5. The summed E-state index contributed by atoms with van der Waals surface area (Å²) >= 11 is 0. The minimum Gasteiger partial charge on any atom is -0.478 e. The van der Waals surface area contributed by atoms with Crippen LogP contribution in [0.15, 0.2) is 42.5 Å². The van der Waals surface area contributed by atoms with Gasteiger partial charge in [-0.05, 0) is 12.0 Å². The molecule has 0 heterocycles. The molecule has 0 radical (unpaired) electrons. The van der Waals surface area contributed by atoms with Crippen molar-refractivity contribution in [3.8, 4) is 6.19 Å². The van der Waals surface area contributed by atoms with Crippen molar-refractivity contribution in [1.82, 2.24) is 9.80 Å². The summed E-state index contributed by atoms with van der Waals surface area (Å²) < 4.78 is 0. The Labute approximate surface area is 127 Å². The molecule has 0 aromatic heterocycles. The van der Waals surface area contributed by atoms with E-state index in [4.69, 9.17) is 10.4 Å². The molecule has 0 aliphatic carbocycles. The summed E-state index contributed by atoms with van der Waals surface area (Å²) in [7, 11) is 1.23. The molecular weight excluding hydrogens is 286 g/mol. The van der Waals surface area contributed by atoms with Gasteiger partial charge in [-0.3, -0.25) is 9.69 Å². The van der Waals surface area contributed by atoms with Crippen LogP contribution in [0.1, 0.15) is 5.56 Å². The summed E-state index contributed by atoms with van der Waals surface area (Å²) in [5, 5.41) is 17.3. The van der Waals surface area contributed by atoms with Crippen molar-refractivity contribution >= 4 is 17.9 Å². The lowest BCUT2D eigenvalue weighted by Gasteiger charge is -2.21. The molecule has 0 atom stereocenters. The fourth-order valence-electron chi connectivity index (χ4n) is 1.64. The van der Waals surface area contributed by atoms with Crippen molar-refractivity contribution in [2.24, 2.45) is 0 Å². The van der Waals surface area contributed by atoms with Crippen molar-refractivity contribution in [3.63, 3.8) is 0 Å². The number of imide groups is 1. The fourth-order valence-corrected chi connectivity index (χ4v) is 1.64. The van der Waals surface area contributed by atoms with Gasteiger partial charge in [-0.2, -0.15) is 5.26 Å². The maximum Gasteiger partial charge on any atom is 0.339 e. The molecule has 0 bridgehead atoms. The van der Waals surface area contributed by atoms with E-state index in [1.807, 2.05) is 30.3 Å². The number of nitrogens with zero attached hydrogens (tertiary/aromatic N) is 3. The van der Waals surface area contributed by atoms with Gasteiger partial charge in [0, 0.05) is 25.7 Å². The van der Waals surface area contributed by atoms with Crippen LogP contribution >= 0.6 is 0 Å². The van der Waals surface area contributed by atoms with Crippen LogP contribution in [0.2, 0.25) is 0 Å². The molecule has 3 amide bonds. The summed E-state index contributed by atoms with van der Waals surface area (Å²) in [5.74, 6) is -2.08. The van der Waals surface area contributed by atoms with Gasteiger partial charge in [0.15, 0.2) is 6.19 Å². The maximum atomic E-state index is 12.0. The highest BCUT2D eigenvalue weighted by molar-refractivity contribution is 6.02. The van der Waals surface area contributed by atoms with Crippen LogP contribution in [0, 0.1) is 11.5 Å². The first-order valence-corrected chi connectivity index (χ1v) is 6.39. The third-order valence-corrected chi connectivity index (χ3v) is 2.77. The van der Waals surface area contributed by atoms with E-state index in [9.17, 15) is 14.4 Å². The van der Waals surface area contributed by atoms with Crippen molar-refractivity contribution in [1.29, 1.82) is 5.26 Å². The monoisotopic (exact) mass is 301 g/mol. The van der Waals surface area contributed by atoms with Crippen LogP contribution in [-0.4, -0.2) is 46.4 Å². The lowest BCUT2D eigenvalue weighted by Crippen LogP contribution is -2.43. The molecule has 1 N–H and O–H groups in total. The summed E-state index contributed by atoms with van der Waals surface area (Å²) in [6.07, 6.45) is 3.45. The molecule has 7 nitrogen and oxygen atoms in total. The Morgan fingerprint density at radius 3 is 2.41 bits per heavy atom. The molecule has 114 valence electrons. The number of hydrogen-bond donors (Lipinski definition) is 1. The van der Waals surface area contributed by atoms with Gasteiger partial charge in [-0.1, -0.05) is 30.3 Å². The minimum absolute atomic E-state index is 0.0393. The molecule has 1 rings (SSSR count). The largest absolute Gasteiger partial charge is 0.478 e. The number of carbonyl (C=O) groups is 3. The summed E-state index contributed by atoms with van der Waals surface area (Å²) in [4.78, 5) is 36.0. The molecule has 0 saturated carbocycles. The summed E-state index contributed by atoms with van der Waals surface area (Å²) in [6.45, 7) is 0.0393. The van der Waals surface area contributed by atoms with Gasteiger partial charge in [0.05, 0.1) is 0 Å². The molecule has 1 aromatic carbocycles. The van der Waals surface area contributed by atoms with E-state index < -0.39 is 17.9 Å². The minimum atomic E-state index is -1.29. The zero-order chi connectivity index (χ0) is 16.5. The van der Waals surface area contributed by atoms with Gasteiger partial charge in [-0.25, -0.2) is 14.5 Å². The number of nitriles is 1. The van der Waals surface area contributed by atoms with Gasteiger partial charge < -0.3 is 5.11 Å². The molecule has 0 saturated heterocycles. The number of carboxylic acids is 1. The first kappa shape index (κ1) is 16.9. The van der Waals surface area contributed by atoms with Crippen LogP contribution in [0.3, 0.4) is 0 Å². The van der Waals surface area contributed by atoms with Crippen LogP contribution in [-0.2, 0) is 16.0 Å². The van der Waals surface area contributed by atoms with E-state index in [1.54, 1.807) is 6.19 Å². The summed E-state index contributed by atoms with van der Waals surface area (Å²) in [6, 6.07) is 8.38. The molecule has 22 heavy (non-hydrogen) atoms. The average molecular weight is 301 g/mol. The maximum absolute atomic E-state index is 12.0. The van der Waals surface area contributed by atoms with Crippen LogP contribution in [0.5, 0.6) is 0 Å². The number of aliphatic carboxylic acids is 1. The normalized spacial score (nSPS) is 10.0. The topological polar surface area (TPSA) is 102 Å². The van der Waals surface area contributed by atoms with E-state index in [-0.39, 0.29) is 6.54 Å². The van der Waals surface area contributed by atoms with Gasteiger partial charge in [0.25, 0.3) is 5.91 Å². The number of carbonyl (C=O) groups excluding carboxylic acids is 2. The number of carboxylic acid groups (broad SMARTS) is 1. The van der Waals surface area contributed by atoms with Gasteiger partial charge in [-0.15, -0.1) is 0 Å². The second-order valence-corrected chi connectivity index (χ2v) is 4.34. The molecule has 0 unspecified atom stereocenters. The second-order valence-electron chi connectivity index (χ2n) is 4.34. The molecule has 0 aliphatic rings. The van der Waals surface area contributed by atoms with E-state index in [2.05, 4.69) is 0 Å². The van der Waals surface area contributed by atoms with Gasteiger partial charge >= 0.3 is 12.0 Å². The molecule has 0 aliphatic heterocycles. The third kappa shape index (κ3) is 5.09. The van der Waals surface area contributed by atoms with Crippen LogP contribution < -0.4 is 0 Å². The Balaban J connectivity index is 2.86. The highest BCUT2D eigenvalue weighted by atomic mass is 16.4. The van der Waals surface area contributed by atoms with Crippen molar-refractivity contribution < 1.29 is 19.5 Å². The van der Waals surface area contributed by atoms with Crippen LogP contribution in [0.25, 0.3) is 0 Å². The summed E-state index contributed by atoms with van der Waals surface area (Å²) in [5.41, 5.74) is 0.912. The van der Waals surface area contributed by atoms with Gasteiger partial charge in [0.2, 0.25) is 0 Å².